The number of carbonyl (C=O) groups excluding carboxylic acids is 2. The van der Waals surface area contributed by atoms with Gasteiger partial charge in [0.25, 0.3) is 0 Å². The van der Waals surface area contributed by atoms with Crippen LogP contribution < -0.4 is 0 Å². The third-order valence-corrected chi connectivity index (χ3v) is 6.00. The molecule has 0 fully saturated rings. The lowest BCUT2D eigenvalue weighted by atomic mass is 10.1. The molecule has 9 heteroatoms. The summed E-state index contributed by atoms with van der Waals surface area (Å²) in [6, 6.07) is 8.92. The molecule has 32 heavy (non-hydrogen) atoms. The van der Waals surface area contributed by atoms with Gasteiger partial charge in [0.05, 0.1) is 19.0 Å². The molecule has 2 aromatic rings. The molecule has 0 saturated carbocycles. The van der Waals surface area contributed by atoms with Gasteiger partial charge in [-0.3, -0.25) is 0 Å². The van der Waals surface area contributed by atoms with E-state index < -0.39 is 55.1 Å². The number of benzene rings is 2. The Bertz CT molecular complexity index is 1070. The third kappa shape index (κ3) is 6.23. The van der Waals surface area contributed by atoms with E-state index in [4.69, 9.17) is 9.47 Å². The van der Waals surface area contributed by atoms with Crippen molar-refractivity contribution in [1.29, 1.82) is 0 Å². The van der Waals surface area contributed by atoms with Gasteiger partial charge in [0, 0.05) is 0 Å². The minimum absolute atomic E-state index is 0.0127. The van der Waals surface area contributed by atoms with Crippen molar-refractivity contribution in [2.45, 2.75) is 38.3 Å². The maximum Gasteiger partial charge on any atom is 0.343 e. The number of esters is 2. The highest BCUT2D eigenvalue weighted by molar-refractivity contribution is 7.90. The first-order valence-corrected chi connectivity index (χ1v) is 11.8. The van der Waals surface area contributed by atoms with E-state index in [1.54, 1.807) is 58.0 Å². The van der Waals surface area contributed by atoms with Crippen molar-refractivity contribution in [3.63, 3.8) is 0 Å². The largest absolute Gasteiger partial charge is 0.507 e. The summed E-state index contributed by atoms with van der Waals surface area (Å²) in [5, 5.41) is 21.3. The fourth-order valence-electron chi connectivity index (χ4n) is 2.79. The molecule has 2 aromatic carbocycles. The molecule has 0 unspecified atom stereocenters. The van der Waals surface area contributed by atoms with Gasteiger partial charge < -0.3 is 19.7 Å². The van der Waals surface area contributed by atoms with E-state index in [0.717, 1.165) is 6.07 Å². The number of phenols is 2. The molecule has 0 amide bonds. The topological polar surface area (TPSA) is 127 Å². The van der Waals surface area contributed by atoms with Crippen molar-refractivity contribution in [2.75, 3.05) is 13.2 Å². The summed E-state index contributed by atoms with van der Waals surface area (Å²) in [5.74, 6) is -4.56. The van der Waals surface area contributed by atoms with Crippen LogP contribution in [0.4, 0.5) is 0 Å². The Kier molecular flexibility index (Phi) is 8.26. The van der Waals surface area contributed by atoms with Crippen molar-refractivity contribution < 1.29 is 37.7 Å². The molecule has 174 valence electrons. The van der Waals surface area contributed by atoms with E-state index in [0.29, 0.717) is 5.56 Å². The summed E-state index contributed by atoms with van der Waals surface area (Å²) >= 11 is 0. The minimum Gasteiger partial charge on any atom is -0.507 e. The highest BCUT2D eigenvalue weighted by atomic mass is 32.2. The molecule has 0 aliphatic rings. The molecule has 0 saturated heterocycles. The van der Waals surface area contributed by atoms with Gasteiger partial charge in [-0.25, -0.2) is 18.0 Å². The molecule has 8 nitrogen and oxygen atoms in total. The average Bonchev–Trinajstić information content (AvgIpc) is 2.71. The number of hydrogen-bond acceptors (Lipinski definition) is 8. The van der Waals surface area contributed by atoms with E-state index in [1.807, 2.05) is 0 Å². The number of hydrogen-bond donors (Lipinski definition) is 2. The minimum atomic E-state index is -4.39. The molecular weight excluding hydrogens is 436 g/mol. The normalized spacial score (nSPS) is 11.6. The number of aromatic hydroxyl groups is 2. The molecule has 0 aliphatic heterocycles. The molecule has 0 aromatic heterocycles. The Labute approximate surface area is 187 Å². The molecule has 0 radical (unpaired) electrons. The zero-order valence-corrected chi connectivity index (χ0v) is 19.3. The number of sulfone groups is 1. The van der Waals surface area contributed by atoms with Crippen LogP contribution in [-0.4, -0.2) is 43.8 Å². The summed E-state index contributed by atoms with van der Waals surface area (Å²) in [4.78, 5) is 24.2. The molecule has 0 bridgehead atoms. The molecular formula is C23H28O8S. The number of carbonyl (C=O) groups is 2. The maximum absolute atomic E-state index is 13.2. The van der Waals surface area contributed by atoms with Crippen LogP contribution in [0.3, 0.4) is 0 Å². The number of ether oxygens (including phenoxy) is 2. The van der Waals surface area contributed by atoms with Crippen LogP contribution >= 0.6 is 0 Å². The van der Waals surface area contributed by atoms with Crippen LogP contribution in [0.2, 0.25) is 0 Å². The Morgan fingerprint density at radius 1 is 0.906 bits per heavy atom. The second kappa shape index (κ2) is 10.5. The predicted molar refractivity (Wildman–Crippen MR) is 117 cm³/mol. The van der Waals surface area contributed by atoms with E-state index >= 15 is 0 Å². The quantitative estimate of drug-likeness (QED) is 0.425. The summed E-state index contributed by atoms with van der Waals surface area (Å²) in [7, 11) is -4.39. The summed E-state index contributed by atoms with van der Waals surface area (Å²) < 4.78 is 36.7. The lowest BCUT2D eigenvalue weighted by molar-refractivity contribution is 0.0434. The van der Waals surface area contributed by atoms with Gasteiger partial charge in [-0.05, 0) is 23.5 Å². The van der Waals surface area contributed by atoms with Crippen molar-refractivity contribution in [2.24, 2.45) is 11.8 Å². The summed E-state index contributed by atoms with van der Waals surface area (Å²) in [6.07, 6.45) is 0. The van der Waals surface area contributed by atoms with Crippen LogP contribution in [0.1, 0.15) is 54.0 Å². The smallest absolute Gasteiger partial charge is 0.343 e. The van der Waals surface area contributed by atoms with Gasteiger partial charge in [-0.1, -0.05) is 58.0 Å². The predicted octanol–water partition coefficient (Wildman–Crippen LogP) is 3.70. The van der Waals surface area contributed by atoms with E-state index in [-0.39, 0.29) is 25.0 Å². The van der Waals surface area contributed by atoms with Crippen LogP contribution in [0.5, 0.6) is 11.5 Å². The molecule has 0 aliphatic carbocycles. The first kappa shape index (κ1) is 25.2. The fourth-order valence-corrected chi connectivity index (χ4v) is 4.47. The van der Waals surface area contributed by atoms with Gasteiger partial charge in [0.2, 0.25) is 0 Å². The molecule has 0 atom stereocenters. The van der Waals surface area contributed by atoms with Crippen LogP contribution in [-0.2, 0) is 25.1 Å². The van der Waals surface area contributed by atoms with Gasteiger partial charge in [-0.2, -0.15) is 0 Å². The lowest BCUT2D eigenvalue weighted by Gasteiger charge is -2.17. The number of phenolic OH excluding ortho intramolecular Hbond substituents is 2. The van der Waals surface area contributed by atoms with Gasteiger partial charge >= 0.3 is 11.9 Å². The van der Waals surface area contributed by atoms with Crippen molar-refractivity contribution in [1.82, 2.24) is 0 Å². The Balaban J connectivity index is 2.64. The zero-order chi connectivity index (χ0) is 24.1. The first-order valence-electron chi connectivity index (χ1n) is 10.1. The summed E-state index contributed by atoms with van der Waals surface area (Å²) in [5.41, 5.74) is -0.893. The van der Waals surface area contributed by atoms with Crippen molar-refractivity contribution >= 4 is 21.8 Å². The average molecular weight is 465 g/mol. The van der Waals surface area contributed by atoms with Gasteiger partial charge in [-0.15, -0.1) is 0 Å². The second-order valence-electron chi connectivity index (χ2n) is 8.23. The van der Waals surface area contributed by atoms with Gasteiger partial charge in [0.1, 0.15) is 27.5 Å². The van der Waals surface area contributed by atoms with E-state index in [1.165, 1.54) is 0 Å². The zero-order valence-electron chi connectivity index (χ0n) is 18.5. The van der Waals surface area contributed by atoms with Crippen molar-refractivity contribution in [3.8, 4) is 11.5 Å². The Hall–Kier alpha value is -3.07. The maximum atomic E-state index is 13.2. The molecule has 0 spiro atoms. The molecule has 2 N–H and O–H groups in total. The standard InChI is InChI=1S/C23H28O8S/c1-14(2)11-30-22(26)17-10-18(24)19(23(27)31-12-15(3)4)21(20(17)25)32(28,29)13-16-8-6-5-7-9-16/h5-10,14-15,24-25H,11-13H2,1-4H3. The Morgan fingerprint density at radius 2 is 1.44 bits per heavy atom. The fraction of sp³-hybridized carbons (Fsp3) is 0.391. The monoisotopic (exact) mass is 464 g/mol. The van der Waals surface area contributed by atoms with Crippen molar-refractivity contribution in [3.05, 3.63) is 53.1 Å². The second-order valence-corrected chi connectivity index (χ2v) is 10.2. The van der Waals surface area contributed by atoms with Gasteiger partial charge in [0.15, 0.2) is 9.84 Å². The molecule has 0 heterocycles. The Morgan fingerprint density at radius 3 is 1.97 bits per heavy atom. The third-order valence-electron chi connectivity index (χ3n) is 4.26. The first-order chi connectivity index (χ1) is 14.9. The van der Waals surface area contributed by atoms with Crippen LogP contribution in [0.25, 0.3) is 0 Å². The van der Waals surface area contributed by atoms with E-state index in [9.17, 15) is 28.2 Å². The SMILES string of the molecule is CC(C)COC(=O)c1cc(O)c(C(=O)OCC(C)C)c(S(=O)(=O)Cc2ccccc2)c1O. The highest BCUT2D eigenvalue weighted by Gasteiger charge is 2.34. The number of rotatable bonds is 9. The highest BCUT2D eigenvalue weighted by Crippen LogP contribution is 2.39. The lowest BCUT2D eigenvalue weighted by Crippen LogP contribution is -2.18. The van der Waals surface area contributed by atoms with Crippen LogP contribution in [0.15, 0.2) is 41.3 Å². The van der Waals surface area contributed by atoms with E-state index in [2.05, 4.69) is 0 Å². The summed E-state index contributed by atoms with van der Waals surface area (Å²) in [6.45, 7) is 7.15. The van der Waals surface area contributed by atoms with Crippen LogP contribution in [0, 0.1) is 11.8 Å². The molecule has 2 rings (SSSR count).